The number of hydrogen-bond acceptors (Lipinski definition) is 4. The van der Waals surface area contributed by atoms with Gasteiger partial charge in [0.1, 0.15) is 11.5 Å². The molecule has 2 aromatic carbocycles. The van der Waals surface area contributed by atoms with E-state index in [4.69, 9.17) is 4.74 Å². The van der Waals surface area contributed by atoms with Gasteiger partial charge in [-0.1, -0.05) is 56.5 Å². The lowest BCUT2D eigenvalue weighted by atomic mass is 9.93. The van der Waals surface area contributed by atoms with E-state index in [0.717, 1.165) is 41.7 Å². The SMILES string of the molecule is CCCCCOc1ccc(C2/C(=C(\O)c3cc(C)ccc3C)C(=O)C(=O)N2CCC)cc1. The first-order valence-electron chi connectivity index (χ1n) is 11.5. The van der Waals surface area contributed by atoms with E-state index in [2.05, 4.69) is 6.92 Å². The summed E-state index contributed by atoms with van der Waals surface area (Å²) in [6, 6.07) is 12.6. The quantitative estimate of drug-likeness (QED) is 0.237. The van der Waals surface area contributed by atoms with Crippen molar-refractivity contribution in [3.05, 3.63) is 70.3 Å². The summed E-state index contributed by atoms with van der Waals surface area (Å²) in [5.41, 5.74) is 3.34. The van der Waals surface area contributed by atoms with Gasteiger partial charge in [0.2, 0.25) is 0 Å². The van der Waals surface area contributed by atoms with Crippen LogP contribution >= 0.6 is 0 Å². The first kappa shape index (κ1) is 23.6. The second-order valence-electron chi connectivity index (χ2n) is 8.44. The molecule has 0 radical (unpaired) electrons. The van der Waals surface area contributed by atoms with Crippen molar-refractivity contribution in [2.24, 2.45) is 0 Å². The molecule has 1 amide bonds. The first-order valence-corrected chi connectivity index (χ1v) is 11.5. The maximum absolute atomic E-state index is 13.0. The molecule has 1 heterocycles. The Balaban J connectivity index is 2.02. The number of aryl methyl sites for hydroxylation is 2. The molecule has 5 nitrogen and oxygen atoms in total. The lowest BCUT2D eigenvalue weighted by molar-refractivity contribution is -0.139. The van der Waals surface area contributed by atoms with E-state index < -0.39 is 17.7 Å². The maximum Gasteiger partial charge on any atom is 0.295 e. The van der Waals surface area contributed by atoms with Crippen LogP contribution in [0.4, 0.5) is 0 Å². The lowest BCUT2D eigenvalue weighted by Gasteiger charge is -2.25. The highest BCUT2D eigenvalue weighted by Gasteiger charge is 2.45. The minimum absolute atomic E-state index is 0.118. The number of rotatable bonds is 9. The number of aliphatic hydroxyl groups excluding tert-OH is 1. The van der Waals surface area contributed by atoms with Crippen LogP contribution in [0.2, 0.25) is 0 Å². The minimum atomic E-state index is -0.637. The zero-order valence-corrected chi connectivity index (χ0v) is 19.5. The van der Waals surface area contributed by atoms with Gasteiger partial charge in [-0.05, 0) is 56.0 Å². The van der Waals surface area contributed by atoms with E-state index in [1.165, 1.54) is 0 Å². The number of likely N-dealkylation sites (tertiary alicyclic amines) is 1. The van der Waals surface area contributed by atoms with Gasteiger partial charge in [-0.3, -0.25) is 9.59 Å². The Bertz CT molecular complexity index is 1010. The molecule has 0 aliphatic carbocycles. The Morgan fingerprint density at radius 3 is 2.38 bits per heavy atom. The molecule has 3 rings (SSSR count). The molecule has 1 fully saturated rings. The van der Waals surface area contributed by atoms with Gasteiger partial charge in [0.25, 0.3) is 11.7 Å². The van der Waals surface area contributed by atoms with E-state index in [9.17, 15) is 14.7 Å². The molecule has 0 spiro atoms. The highest BCUT2D eigenvalue weighted by molar-refractivity contribution is 6.46. The van der Waals surface area contributed by atoms with E-state index in [-0.39, 0.29) is 11.3 Å². The molecular formula is C27H33NO4. The molecule has 1 saturated heterocycles. The number of amides is 1. The Labute approximate surface area is 190 Å². The van der Waals surface area contributed by atoms with Crippen LogP contribution in [0.1, 0.15) is 67.8 Å². The fraction of sp³-hybridized carbons (Fsp3) is 0.407. The molecule has 32 heavy (non-hydrogen) atoms. The molecule has 1 aliphatic heterocycles. The van der Waals surface area contributed by atoms with Crippen molar-refractivity contribution in [3.63, 3.8) is 0 Å². The molecular weight excluding hydrogens is 402 g/mol. The summed E-state index contributed by atoms with van der Waals surface area (Å²) in [5.74, 6) is -0.565. The number of carbonyl (C=O) groups is 2. The lowest BCUT2D eigenvalue weighted by Crippen LogP contribution is -2.30. The Kier molecular flexibility index (Phi) is 7.73. The Morgan fingerprint density at radius 1 is 1.00 bits per heavy atom. The van der Waals surface area contributed by atoms with Gasteiger partial charge in [0, 0.05) is 12.1 Å². The number of ketones is 1. The minimum Gasteiger partial charge on any atom is -0.507 e. The molecule has 170 valence electrons. The third kappa shape index (κ3) is 4.87. The summed E-state index contributed by atoms with van der Waals surface area (Å²) in [7, 11) is 0. The van der Waals surface area contributed by atoms with E-state index in [0.29, 0.717) is 25.1 Å². The fourth-order valence-corrected chi connectivity index (χ4v) is 4.12. The van der Waals surface area contributed by atoms with Gasteiger partial charge in [-0.15, -0.1) is 0 Å². The number of ether oxygens (including phenoxy) is 1. The largest absolute Gasteiger partial charge is 0.507 e. The molecule has 5 heteroatoms. The van der Waals surface area contributed by atoms with Crippen molar-refractivity contribution >= 4 is 17.4 Å². The number of nitrogens with zero attached hydrogens (tertiary/aromatic N) is 1. The van der Waals surface area contributed by atoms with Crippen molar-refractivity contribution in [3.8, 4) is 5.75 Å². The van der Waals surface area contributed by atoms with Crippen molar-refractivity contribution in [2.75, 3.05) is 13.2 Å². The van der Waals surface area contributed by atoms with Gasteiger partial charge in [-0.2, -0.15) is 0 Å². The first-order chi connectivity index (χ1) is 15.4. The summed E-state index contributed by atoms with van der Waals surface area (Å²) >= 11 is 0. The molecule has 1 N–H and O–H groups in total. The van der Waals surface area contributed by atoms with Gasteiger partial charge >= 0.3 is 0 Å². The average Bonchev–Trinajstić information content (AvgIpc) is 3.03. The van der Waals surface area contributed by atoms with Crippen molar-refractivity contribution in [1.29, 1.82) is 0 Å². The molecule has 2 aromatic rings. The third-order valence-electron chi connectivity index (χ3n) is 5.87. The second-order valence-corrected chi connectivity index (χ2v) is 8.44. The molecule has 1 aliphatic rings. The van der Waals surface area contributed by atoms with E-state index in [1.54, 1.807) is 4.90 Å². The standard InChI is InChI=1S/C27H33NO4/c1-5-7-8-16-32-21-13-11-20(12-14-21)24-23(26(30)27(31)28(24)15-6-2)25(29)22-17-18(3)9-10-19(22)4/h9-14,17,24,29H,5-8,15-16H2,1-4H3/b25-23+. The number of unbranched alkanes of at least 4 members (excludes halogenated alkanes) is 2. The van der Waals surface area contributed by atoms with Crippen LogP contribution in [0, 0.1) is 13.8 Å². The number of Topliss-reactive ketones (excluding diaryl/α,β-unsaturated/α-hetero) is 1. The maximum atomic E-state index is 13.0. The monoisotopic (exact) mass is 435 g/mol. The Hall–Kier alpha value is -3.08. The van der Waals surface area contributed by atoms with Crippen LogP contribution in [0.15, 0.2) is 48.0 Å². The van der Waals surface area contributed by atoms with Crippen LogP contribution < -0.4 is 4.74 Å². The predicted octanol–water partition coefficient (Wildman–Crippen LogP) is 5.70. The zero-order chi connectivity index (χ0) is 23.3. The van der Waals surface area contributed by atoms with Gasteiger partial charge < -0.3 is 14.7 Å². The molecule has 0 aromatic heterocycles. The van der Waals surface area contributed by atoms with Crippen LogP contribution in [-0.4, -0.2) is 34.8 Å². The number of aliphatic hydroxyl groups is 1. The summed E-state index contributed by atoms with van der Waals surface area (Å²) < 4.78 is 5.81. The summed E-state index contributed by atoms with van der Waals surface area (Å²) in [4.78, 5) is 27.4. The molecule has 1 unspecified atom stereocenters. The highest BCUT2D eigenvalue weighted by Crippen LogP contribution is 2.40. The van der Waals surface area contributed by atoms with E-state index in [1.807, 2.05) is 63.2 Å². The van der Waals surface area contributed by atoms with Crippen LogP contribution in [-0.2, 0) is 9.59 Å². The highest BCUT2D eigenvalue weighted by atomic mass is 16.5. The van der Waals surface area contributed by atoms with Crippen molar-refractivity contribution < 1.29 is 19.4 Å². The third-order valence-corrected chi connectivity index (χ3v) is 5.87. The zero-order valence-electron chi connectivity index (χ0n) is 19.5. The molecule has 1 atom stereocenters. The van der Waals surface area contributed by atoms with Gasteiger partial charge in [0.05, 0.1) is 18.2 Å². The predicted molar refractivity (Wildman–Crippen MR) is 127 cm³/mol. The normalized spacial score (nSPS) is 17.8. The smallest absolute Gasteiger partial charge is 0.295 e. The van der Waals surface area contributed by atoms with Gasteiger partial charge in [0.15, 0.2) is 0 Å². The van der Waals surface area contributed by atoms with Crippen LogP contribution in [0.25, 0.3) is 5.76 Å². The van der Waals surface area contributed by atoms with Crippen LogP contribution in [0.5, 0.6) is 5.75 Å². The average molecular weight is 436 g/mol. The fourth-order valence-electron chi connectivity index (χ4n) is 4.12. The summed E-state index contributed by atoms with van der Waals surface area (Å²) in [6.07, 6.45) is 3.98. The molecule has 0 bridgehead atoms. The van der Waals surface area contributed by atoms with E-state index >= 15 is 0 Å². The number of carbonyl (C=O) groups excluding carboxylic acids is 2. The summed E-state index contributed by atoms with van der Waals surface area (Å²) in [6.45, 7) is 9.04. The van der Waals surface area contributed by atoms with Crippen molar-refractivity contribution in [1.82, 2.24) is 4.90 Å². The number of hydrogen-bond donors (Lipinski definition) is 1. The number of benzene rings is 2. The molecule has 0 saturated carbocycles. The topological polar surface area (TPSA) is 66.8 Å². The van der Waals surface area contributed by atoms with Gasteiger partial charge in [-0.25, -0.2) is 0 Å². The Morgan fingerprint density at radius 2 is 1.72 bits per heavy atom. The van der Waals surface area contributed by atoms with Crippen molar-refractivity contribution in [2.45, 2.75) is 59.4 Å². The summed E-state index contributed by atoms with van der Waals surface area (Å²) in [5, 5.41) is 11.2. The second kappa shape index (κ2) is 10.5. The van der Waals surface area contributed by atoms with Crippen LogP contribution in [0.3, 0.4) is 0 Å².